The van der Waals surface area contributed by atoms with E-state index in [1.54, 1.807) is 12.3 Å². The molecule has 1 fully saturated rings. The first kappa shape index (κ1) is 12.3. The van der Waals surface area contributed by atoms with Crippen molar-refractivity contribution in [3.8, 4) is 0 Å². The van der Waals surface area contributed by atoms with E-state index in [9.17, 15) is 5.11 Å². The highest BCUT2D eigenvalue weighted by molar-refractivity contribution is 5.45. The quantitative estimate of drug-likeness (QED) is 0.780. The zero-order chi connectivity index (χ0) is 12.9. The molecule has 94 valence electrons. The van der Waals surface area contributed by atoms with Crippen molar-refractivity contribution in [1.29, 1.82) is 0 Å². The molecule has 3 N–H and O–H groups in total. The van der Waals surface area contributed by atoms with Gasteiger partial charge in [-0.05, 0) is 33.8 Å². The van der Waals surface area contributed by atoms with E-state index in [1.807, 2.05) is 33.8 Å². The molecule has 0 saturated carbocycles. The van der Waals surface area contributed by atoms with E-state index in [2.05, 4.69) is 4.98 Å². The van der Waals surface area contributed by atoms with Crippen LogP contribution in [0.2, 0.25) is 0 Å². The van der Waals surface area contributed by atoms with Crippen LogP contribution in [0.15, 0.2) is 18.3 Å². The SMILES string of the molecule is CC1(C)CC(O)(c2cccnc2N)C(C)(C)O1. The number of ether oxygens (including phenoxy) is 1. The first-order valence-electron chi connectivity index (χ1n) is 5.81. The smallest absolute Gasteiger partial charge is 0.129 e. The summed E-state index contributed by atoms with van der Waals surface area (Å²) < 4.78 is 5.93. The van der Waals surface area contributed by atoms with Gasteiger partial charge in [0, 0.05) is 18.2 Å². The van der Waals surface area contributed by atoms with Crippen LogP contribution in [0.5, 0.6) is 0 Å². The van der Waals surface area contributed by atoms with Gasteiger partial charge < -0.3 is 15.6 Å². The third-order valence-electron chi connectivity index (χ3n) is 3.49. The maximum atomic E-state index is 11.0. The molecule has 0 amide bonds. The minimum absolute atomic E-state index is 0.365. The zero-order valence-electron chi connectivity index (χ0n) is 10.8. The van der Waals surface area contributed by atoms with Crippen molar-refractivity contribution in [3.05, 3.63) is 23.9 Å². The molecule has 0 bridgehead atoms. The number of rotatable bonds is 1. The molecule has 0 spiro atoms. The third-order valence-corrected chi connectivity index (χ3v) is 3.49. The Kier molecular flexibility index (Phi) is 2.49. The number of nitrogens with zero attached hydrogens (tertiary/aromatic N) is 1. The van der Waals surface area contributed by atoms with Crippen molar-refractivity contribution >= 4 is 5.82 Å². The Labute approximate surface area is 102 Å². The van der Waals surface area contributed by atoms with Crippen LogP contribution in [0.3, 0.4) is 0 Å². The second kappa shape index (κ2) is 3.43. The van der Waals surface area contributed by atoms with E-state index in [0.29, 0.717) is 17.8 Å². The summed E-state index contributed by atoms with van der Waals surface area (Å²) in [5.41, 5.74) is 4.35. The second-order valence-corrected chi connectivity index (χ2v) is 5.85. The summed E-state index contributed by atoms with van der Waals surface area (Å²) in [5, 5.41) is 11.0. The maximum Gasteiger partial charge on any atom is 0.129 e. The molecule has 2 heterocycles. The van der Waals surface area contributed by atoms with Crippen molar-refractivity contribution < 1.29 is 9.84 Å². The van der Waals surface area contributed by atoms with Crippen LogP contribution in [-0.2, 0) is 10.3 Å². The summed E-state index contributed by atoms with van der Waals surface area (Å²) in [6.07, 6.45) is 2.12. The Hall–Kier alpha value is -1.13. The van der Waals surface area contributed by atoms with Crippen molar-refractivity contribution in [2.24, 2.45) is 0 Å². The first-order valence-corrected chi connectivity index (χ1v) is 5.81. The van der Waals surface area contributed by atoms with Gasteiger partial charge in [0.2, 0.25) is 0 Å². The Morgan fingerprint density at radius 2 is 2.00 bits per heavy atom. The number of aliphatic hydroxyl groups is 1. The summed E-state index contributed by atoms with van der Waals surface area (Å²) in [4.78, 5) is 4.04. The fraction of sp³-hybridized carbons (Fsp3) is 0.615. The molecule has 0 aromatic carbocycles. The van der Waals surface area contributed by atoms with E-state index in [-0.39, 0.29) is 5.60 Å². The topological polar surface area (TPSA) is 68.4 Å². The van der Waals surface area contributed by atoms with Crippen LogP contribution < -0.4 is 5.73 Å². The normalized spacial score (nSPS) is 30.4. The van der Waals surface area contributed by atoms with Gasteiger partial charge in [0.05, 0.1) is 11.2 Å². The highest BCUT2D eigenvalue weighted by Gasteiger charge is 2.58. The van der Waals surface area contributed by atoms with Gasteiger partial charge in [0.15, 0.2) is 0 Å². The fourth-order valence-electron chi connectivity index (χ4n) is 2.83. The molecule has 1 atom stereocenters. The second-order valence-electron chi connectivity index (χ2n) is 5.85. The average Bonchev–Trinajstić information content (AvgIpc) is 2.31. The number of nitrogen functional groups attached to an aromatic ring is 1. The Balaban J connectivity index is 2.54. The monoisotopic (exact) mass is 236 g/mol. The molecule has 2 rings (SSSR count). The van der Waals surface area contributed by atoms with Crippen molar-refractivity contribution in [1.82, 2.24) is 4.98 Å². The number of anilines is 1. The maximum absolute atomic E-state index is 11.0. The molecule has 4 nitrogen and oxygen atoms in total. The lowest BCUT2D eigenvalue weighted by Gasteiger charge is -2.35. The standard InChI is InChI=1S/C13H20N2O2/c1-11(2)8-13(16,12(3,4)17-11)9-6-5-7-15-10(9)14/h5-7,16H,8H2,1-4H3,(H2,14,15). The van der Waals surface area contributed by atoms with Crippen molar-refractivity contribution in [2.75, 3.05) is 5.73 Å². The van der Waals surface area contributed by atoms with Crippen LogP contribution in [0, 0.1) is 0 Å². The number of aromatic nitrogens is 1. The molecular formula is C13H20N2O2. The van der Waals surface area contributed by atoms with Crippen LogP contribution >= 0.6 is 0 Å². The predicted molar refractivity (Wildman–Crippen MR) is 66.4 cm³/mol. The minimum Gasteiger partial charge on any atom is -0.383 e. The molecule has 1 aliphatic rings. The van der Waals surface area contributed by atoms with Gasteiger partial charge in [0.1, 0.15) is 11.4 Å². The lowest BCUT2D eigenvalue weighted by atomic mass is 9.77. The molecule has 17 heavy (non-hydrogen) atoms. The van der Waals surface area contributed by atoms with Gasteiger partial charge >= 0.3 is 0 Å². The lowest BCUT2D eigenvalue weighted by molar-refractivity contribution is -0.129. The number of pyridine rings is 1. The molecular weight excluding hydrogens is 216 g/mol. The van der Waals surface area contributed by atoms with Gasteiger partial charge in [-0.25, -0.2) is 4.98 Å². The summed E-state index contributed by atoms with van der Waals surface area (Å²) in [5.74, 6) is 0.365. The summed E-state index contributed by atoms with van der Waals surface area (Å²) in [6, 6.07) is 3.60. The van der Waals surface area contributed by atoms with E-state index in [4.69, 9.17) is 10.5 Å². The van der Waals surface area contributed by atoms with Crippen LogP contribution in [0.1, 0.15) is 39.7 Å². The van der Waals surface area contributed by atoms with Crippen LogP contribution in [0.4, 0.5) is 5.82 Å². The molecule has 4 heteroatoms. The average molecular weight is 236 g/mol. The molecule has 1 aromatic rings. The molecule has 1 saturated heterocycles. The van der Waals surface area contributed by atoms with E-state index >= 15 is 0 Å². The zero-order valence-corrected chi connectivity index (χ0v) is 10.8. The van der Waals surface area contributed by atoms with Gasteiger partial charge in [-0.1, -0.05) is 6.07 Å². The van der Waals surface area contributed by atoms with E-state index in [1.165, 1.54) is 0 Å². The Morgan fingerprint density at radius 1 is 1.35 bits per heavy atom. The third kappa shape index (κ3) is 1.81. The molecule has 1 unspecified atom stereocenters. The van der Waals surface area contributed by atoms with Crippen molar-refractivity contribution in [2.45, 2.75) is 50.9 Å². The number of hydrogen-bond acceptors (Lipinski definition) is 4. The van der Waals surface area contributed by atoms with Gasteiger partial charge in [-0.2, -0.15) is 0 Å². The largest absolute Gasteiger partial charge is 0.383 e. The van der Waals surface area contributed by atoms with Crippen LogP contribution in [0.25, 0.3) is 0 Å². The van der Waals surface area contributed by atoms with Gasteiger partial charge in [0.25, 0.3) is 0 Å². The first-order chi connectivity index (χ1) is 7.68. The molecule has 1 aromatic heterocycles. The number of nitrogens with two attached hydrogens (primary N) is 1. The van der Waals surface area contributed by atoms with Gasteiger partial charge in [-0.3, -0.25) is 0 Å². The minimum atomic E-state index is -1.10. The summed E-state index contributed by atoms with van der Waals surface area (Å²) in [7, 11) is 0. The number of hydrogen-bond donors (Lipinski definition) is 2. The summed E-state index contributed by atoms with van der Waals surface area (Å²) in [6.45, 7) is 7.71. The summed E-state index contributed by atoms with van der Waals surface area (Å²) >= 11 is 0. The van der Waals surface area contributed by atoms with Gasteiger partial charge in [-0.15, -0.1) is 0 Å². The van der Waals surface area contributed by atoms with E-state index in [0.717, 1.165) is 0 Å². The molecule has 0 radical (unpaired) electrons. The molecule has 1 aliphatic heterocycles. The lowest BCUT2D eigenvalue weighted by Crippen LogP contribution is -2.44. The predicted octanol–water partition coefficient (Wildman–Crippen LogP) is 1.83. The van der Waals surface area contributed by atoms with E-state index < -0.39 is 11.2 Å². The van der Waals surface area contributed by atoms with Crippen molar-refractivity contribution in [3.63, 3.8) is 0 Å². The molecule has 0 aliphatic carbocycles. The highest BCUT2D eigenvalue weighted by atomic mass is 16.5. The Morgan fingerprint density at radius 3 is 2.47 bits per heavy atom. The highest BCUT2D eigenvalue weighted by Crippen LogP contribution is 2.51. The fourth-order valence-corrected chi connectivity index (χ4v) is 2.83. The Bertz CT molecular complexity index is 443. The van der Waals surface area contributed by atoms with Crippen LogP contribution in [-0.4, -0.2) is 21.3 Å².